The van der Waals surface area contributed by atoms with Crippen molar-refractivity contribution in [3.05, 3.63) is 53.7 Å². The lowest BCUT2D eigenvalue weighted by Crippen LogP contribution is -2.45. The number of hydrogen-bond donors (Lipinski definition) is 2. The molecular weight excluding hydrogens is 342 g/mol. The molecule has 1 atom stereocenters. The Balaban J connectivity index is 1.71. The molecule has 1 aliphatic rings. The first kappa shape index (κ1) is 18.8. The van der Waals surface area contributed by atoms with Crippen LogP contribution in [-0.4, -0.2) is 48.4 Å². The summed E-state index contributed by atoms with van der Waals surface area (Å²) in [4.78, 5) is 32.8. The van der Waals surface area contributed by atoms with Crippen molar-refractivity contribution in [1.82, 2.24) is 15.2 Å². The van der Waals surface area contributed by atoms with E-state index in [0.717, 1.165) is 24.3 Å². The molecule has 0 aliphatic carbocycles. The number of carbonyl (C=O) groups excluding carboxylic acids is 2. The average molecular weight is 367 g/mol. The number of pyridine rings is 1. The van der Waals surface area contributed by atoms with E-state index in [2.05, 4.69) is 20.5 Å². The van der Waals surface area contributed by atoms with E-state index in [1.54, 1.807) is 18.3 Å². The van der Waals surface area contributed by atoms with Crippen molar-refractivity contribution >= 4 is 23.3 Å². The minimum absolute atomic E-state index is 0.0346. The molecule has 0 fully saturated rings. The van der Waals surface area contributed by atoms with Crippen LogP contribution in [0.1, 0.15) is 35.9 Å². The highest BCUT2D eigenvalue weighted by molar-refractivity contribution is 6.01. The van der Waals surface area contributed by atoms with E-state index >= 15 is 0 Å². The zero-order chi connectivity index (χ0) is 19.4. The zero-order valence-corrected chi connectivity index (χ0v) is 15.9. The molecule has 2 heterocycles. The number of fused-ring (bicyclic) bond motifs is 1. The van der Waals surface area contributed by atoms with E-state index in [1.165, 1.54) is 0 Å². The second kappa shape index (κ2) is 8.18. The van der Waals surface area contributed by atoms with E-state index in [1.807, 2.05) is 50.1 Å². The van der Waals surface area contributed by atoms with Crippen LogP contribution in [0.2, 0.25) is 0 Å². The quantitative estimate of drug-likeness (QED) is 0.819. The fourth-order valence-corrected chi connectivity index (χ4v) is 3.18. The van der Waals surface area contributed by atoms with Crippen LogP contribution in [0.25, 0.3) is 0 Å². The van der Waals surface area contributed by atoms with Gasteiger partial charge in [0.2, 0.25) is 5.91 Å². The number of nitrogens with one attached hydrogen (secondary N) is 2. The molecule has 0 radical (unpaired) electrons. The summed E-state index contributed by atoms with van der Waals surface area (Å²) in [5, 5.41) is 5.91. The lowest BCUT2D eigenvalue weighted by molar-refractivity contribution is -0.117. The Kier molecular flexibility index (Phi) is 5.71. The molecule has 1 aliphatic heterocycles. The normalized spacial score (nSPS) is 16.1. The Morgan fingerprint density at radius 2 is 1.93 bits per heavy atom. The number of amides is 2. The maximum absolute atomic E-state index is 12.3. The van der Waals surface area contributed by atoms with Gasteiger partial charge < -0.3 is 15.5 Å². The van der Waals surface area contributed by atoms with Crippen LogP contribution in [0, 0.1) is 0 Å². The monoisotopic (exact) mass is 367 g/mol. The number of rotatable bonds is 6. The maximum Gasteiger partial charge on any atom is 0.256 e. The molecule has 27 heavy (non-hydrogen) atoms. The molecule has 7 nitrogen and oxygen atoms in total. The van der Waals surface area contributed by atoms with Gasteiger partial charge in [-0.1, -0.05) is 26.0 Å². The summed E-state index contributed by atoms with van der Waals surface area (Å²) in [7, 11) is 1.90. The van der Waals surface area contributed by atoms with E-state index in [0.29, 0.717) is 17.9 Å². The van der Waals surface area contributed by atoms with Gasteiger partial charge in [0.05, 0.1) is 12.1 Å². The van der Waals surface area contributed by atoms with Gasteiger partial charge in [-0.25, -0.2) is 4.98 Å². The van der Waals surface area contributed by atoms with Gasteiger partial charge in [-0.05, 0) is 42.9 Å². The largest absolute Gasteiger partial charge is 0.335 e. The molecule has 0 spiro atoms. The maximum atomic E-state index is 12.3. The third kappa shape index (κ3) is 4.09. The van der Waals surface area contributed by atoms with Gasteiger partial charge in [-0.15, -0.1) is 0 Å². The topological polar surface area (TPSA) is 77.6 Å². The van der Waals surface area contributed by atoms with Crippen molar-refractivity contribution in [3.63, 3.8) is 0 Å². The second-order valence-electron chi connectivity index (χ2n) is 6.49. The van der Waals surface area contributed by atoms with Crippen molar-refractivity contribution in [2.24, 2.45) is 0 Å². The molecule has 1 unspecified atom stereocenters. The van der Waals surface area contributed by atoms with E-state index < -0.39 is 0 Å². The Hall–Kier alpha value is -2.93. The summed E-state index contributed by atoms with van der Waals surface area (Å²) in [6.07, 6.45) is 1.37. The van der Waals surface area contributed by atoms with Gasteiger partial charge >= 0.3 is 0 Å². The highest BCUT2D eigenvalue weighted by Gasteiger charge is 2.30. The van der Waals surface area contributed by atoms with Crippen molar-refractivity contribution < 1.29 is 9.59 Å². The van der Waals surface area contributed by atoms with E-state index in [9.17, 15) is 9.59 Å². The van der Waals surface area contributed by atoms with Gasteiger partial charge in [0.1, 0.15) is 12.0 Å². The number of hydrogen-bond acceptors (Lipinski definition) is 5. The van der Waals surface area contributed by atoms with Crippen LogP contribution in [0.15, 0.2) is 42.6 Å². The van der Waals surface area contributed by atoms with Crippen molar-refractivity contribution in [3.8, 4) is 0 Å². The molecule has 1 aromatic heterocycles. The predicted octanol–water partition coefficient (Wildman–Crippen LogP) is 2.24. The van der Waals surface area contributed by atoms with Gasteiger partial charge in [0, 0.05) is 18.9 Å². The molecular formula is C20H25N5O2. The van der Waals surface area contributed by atoms with Gasteiger partial charge in [-0.2, -0.15) is 0 Å². The first-order valence-corrected chi connectivity index (χ1v) is 9.14. The third-order valence-electron chi connectivity index (χ3n) is 4.79. The highest BCUT2D eigenvalue weighted by Crippen LogP contribution is 2.30. The second-order valence-corrected chi connectivity index (χ2v) is 6.49. The van der Waals surface area contributed by atoms with Crippen LogP contribution in [0.3, 0.4) is 0 Å². The summed E-state index contributed by atoms with van der Waals surface area (Å²) in [5.74, 6) is 0.480. The van der Waals surface area contributed by atoms with Crippen molar-refractivity contribution in [1.29, 1.82) is 0 Å². The molecule has 0 saturated heterocycles. The van der Waals surface area contributed by atoms with Crippen molar-refractivity contribution in [2.75, 3.05) is 36.9 Å². The lowest BCUT2D eigenvalue weighted by atomic mass is 10.1. The Bertz CT molecular complexity index is 817. The molecule has 0 saturated carbocycles. The van der Waals surface area contributed by atoms with Crippen molar-refractivity contribution in [2.45, 2.75) is 20.0 Å². The summed E-state index contributed by atoms with van der Waals surface area (Å²) >= 11 is 0. The fourth-order valence-electron chi connectivity index (χ4n) is 3.18. The first-order valence-electron chi connectivity index (χ1n) is 9.14. The molecule has 2 aromatic rings. The van der Waals surface area contributed by atoms with Crippen LogP contribution in [0.4, 0.5) is 11.5 Å². The summed E-state index contributed by atoms with van der Waals surface area (Å²) in [5.41, 5.74) is 2.22. The van der Waals surface area contributed by atoms with Crippen LogP contribution in [0.5, 0.6) is 0 Å². The SMILES string of the molecule is CCN(CC)CC(=O)Nc1ccc(C2NC(=O)c3cccnc3N2C)cc1. The lowest BCUT2D eigenvalue weighted by Gasteiger charge is -2.35. The summed E-state index contributed by atoms with van der Waals surface area (Å²) < 4.78 is 0. The smallest absolute Gasteiger partial charge is 0.256 e. The van der Waals surface area contributed by atoms with E-state index in [4.69, 9.17) is 0 Å². The number of nitrogens with zero attached hydrogens (tertiary/aromatic N) is 3. The molecule has 2 N–H and O–H groups in total. The van der Waals surface area contributed by atoms with Gasteiger partial charge in [0.15, 0.2) is 0 Å². The van der Waals surface area contributed by atoms with Crippen LogP contribution >= 0.6 is 0 Å². The third-order valence-corrected chi connectivity index (χ3v) is 4.79. The first-order chi connectivity index (χ1) is 13.0. The minimum Gasteiger partial charge on any atom is -0.335 e. The minimum atomic E-state index is -0.305. The Labute approximate surface area is 159 Å². The molecule has 0 bridgehead atoms. The van der Waals surface area contributed by atoms with Gasteiger partial charge in [-0.3, -0.25) is 14.5 Å². The van der Waals surface area contributed by atoms with E-state index in [-0.39, 0.29) is 18.0 Å². The standard InChI is InChI=1S/C20H25N5O2/c1-4-25(5-2)13-17(26)22-15-10-8-14(9-11-15)18-23-20(27)16-7-6-12-21-19(16)24(18)3/h6-12,18H,4-5,13H2,1-3H3,(H,22,26)(H,23,27). The average Bonchev–Trinajstić information content (AvgIpc) is 2.69. The Morgan fingerprint density at radius 1 is 1.22 bits per heavy atom. The van der Waals surface area contributed by atoms with Crippen LogP contribution < -0.4 is 15.5 Å². The molecule has 1 aromatic carbocycles. The fraction of sp³-hybridized carbons (Fsp3) is 0.350. The zero-order valence-electron chi connectivity index (χ0n) is 15.9. The number of anilines is 2. The molecule has 3 rings (SSSR count). The molecule has 2 amide bonds. The summed E-state index contributed by atoms with van der Waals surface area (Å²) in [6, 6.07) is 11.0. The summed E-state index contributed by atoms with van der Waals surface area (Å²) in [6.45, 7) is 6.12. The number of carbonyl (C=O) groups is 2. The highest BCUT2D eigenvalue weighted by atomic mass is 16.2. The predicted molar refractivity (Wildman–Crippen MR) is 106 cm³/mol. The number of benzene rings is 1. The number of aromatic nitrogens is 1. The molecule has 142 valence electrons. The van der Waals surface area contributed by atoms with Gasteiger partial charge in [0.25, 0.3) is 5.91 Å². The Morgan fingerprint density at radius 3 is 2.59 bits per heavy atom. The number of likely N-dealkylation sites (N-methyl/N-ethyl adjacent to an activating group) is 1. The van der Waals surface area contributed by atoms with Crippen LogP contribution in [-0.2, 0) is 4.79 Å². The molecule has 7 heteroatoms.